The van der Waals surface area contributed by atoms with Crippen molar-refractivity contribution in [2.45, 2.75) is 38.9 Å². The first-order valence-corrected chi connectivity index (χ1v) is 7.34. The van der Waals surface area contributed by atoms with E-state index in [1.54, 1.807) is 19.1 Å². The zero-order valence-corrected chi connectivity index (χ0v) is 12.1. The third-order valence-electron chi connectivity index (χ3n) is 3.99. The van der Waals surface area contributed by atoms with Crippen molar-refractivity contribution < 1.29 is 14.2 Å². The summed E-state index contributed by atoms with van der Waals surface area (Å²) in [6.45, 7) is 1.98. The molecule has 3 rings (SSSR count). The molecule has 1 N–H and O–H groups in total. The van der Waals surface area contributed by atoms with E-state index in [0.29, 0.717) is 17.9 Å². The third kappa shape index (κ3) is 3.08. The van der Waals surface area contributed by atoms with Gasteiger partial charge in [0.1, 0.15) is 18.2 Å². The highest BCUT2D eigenvalue weighted by atomic mass is 19.1. The van der Waals surface area contributed by atoms with Crippen LogP contribution in [0.4, 0.5) is 4.39 Å². The quantitative estimate of drug-likeness (QED) is 0.922. The van der Waals surface area contributed by atoms with E-state index in [2.05, 4.69) is 18.2 Å². The lowest BCUT2D eigenvalue weighted by Crippen LogP contribution is -2.00. The largest absolute Gasteiger partial charge is 0.489 e. The van der Waals surface area contributed by atoms with Crippen LogP contribution >= 0.6 is 0 Å². The van der Waals surface area contributed by atoms with Gasteiger partial charge in [-0.05, 0) is 55.0 Å². The standard InChI is InChI=1S/C18H19FO2/c1-12(20)17-8-7-16(10-18(17)19)21-11-13-5-6-14-3-2-4-15(14)9-13/h5-10,12,20H,2-4,11H2,1H3. The molecule has 0 saturated heterocycles. The summed E-state index contributed by atoms with van der Waals surface area (Å²) >= 11 is 0. The van der Waals surface area contributed by atoms with Crippen LogP contribution in [0.5, 0.6) is 5.75 Å². The van der Waals surface area contributed by atoms with Crippen LogP contribution < -0.4 is 4.74 Å². The molecule has 2 aromatic carbocycles. The molecule has 0 heterocycles. The summed E-state index contributed by atoms with van der Waals surface area (Å²) in [5.41, 5.74) is 4.24. The molecule has 0 spiro atoms. The number of aryl methyl sites for hydroxylation is 2. The Hall–Kier alpha value is -1.87. The fourth-order valence-electron chi connectivity index (χ4n) is 2.82. The molecule has 3 heteroatoms. The monoisotopic (exact) mass is 286 g/mol. The highest BCUT2D eigenvalue weighted by Crippen LogP contribution is 2.25. The number of halogens is 1. The molecule has 0 fully saturated rings. The van der Waals surface area contributed by atoms with E-state index in [4.69, 9.17) is 4.74 Å². The van der Waals surface area contributed by atoms with E-state index in [-0.39, 0.29) is 0 Å². The minimum absolute atomic E-state index is 0.292. The highest BCUT2D eigenvalue weighted by Gasteiger charge is 2.12. The molecule has 1 atom stereocenters. The minimum atomic E-state index is -0.809. The van der Waals surface area contributed by atoms with Crippen molar-refractivity contribution in [3.05, 3.63) is 64.5 Å². The Morgan fingerprint density at radius 1 is 1.14 bits per heavy atom. The fourth-order valence-corrected chi connectivity index (χ4v) is 2.82. The lowest BCUT2D eigenvalue weighted by Gasteiger charge is -2.11. The number of ether oxygens (including phenoxy) is 1. The zero-order valence-electron chi connectivity index (χ0n) is 12.1. The molecule has 0 aliphatic heterocycles. The first-order chi connectivity index (χ1) is 10.1. The molecule has 1 unspecified atom stereocenters. The smallest absolute Gasteiger partial charge is 0.132 e. The Bertz CT molecular complexity index is 650. The molecule has 21 heavy (non-hydrogen) atoms. The van der Waals surface area contributed by atoms with Crippen LogP contribution in [-0.4, -0.2) is 5.11 Å². The summed E-state index contributed by atoms with van der Waals surface area (Å²) in [6.07, 6.45) is 2.73. The predicted molar refractivity (Wildman–Crippen MR) is 79.8 cm³/mol. The highest BCUT2D eigenvalue weighted by molar-refractivity contribution is 5.35. The molecule has 110 valence electrons. The number of hydrogen-bond donors (Lipinski definition) is 1. The first kappa shape index (κ1) is 14.1. The van der Waals surface area contributed by atoms with Crippen molar-refractivity contribution in [3.8, 4) is 5.75 Å². The van der Waals surface area contributed by atoms with E-state index < -0.39 is 11.9 Å². The van der Waals surface area contributed by atoms with Gasteiger partial charge in [-0.3, -0.25) is 0 Å². The summed E-state index contributed by atoms with van der Waals surface area (Å²) in [5, 5.41) is 9.41. The van der Waals surface area contributed by atoms with E-state index >= 15 is 0 Å². The van der Waals surface area contributed by atoms with Crippen LogP contribution in [0.1, 0.15) is 41.7 Å². The van der Waals surface area contributed by atoms with Crippen molar-refractivity contribution in [2.24, 2.45) is 0 Å². The van der Waals surface area contributed by atoms with E-state index in [1.165, 1.54) is 30.0 Å². The number of benzene rings is 2. The van der Waals surface area contributed by atoms with Gasteiger partial charge in [-0.15, -0.1) is 0 Å². The van der Waals surface area contributed by atoms with Crippen molar-refractivity contribution in [2.75, 3.05) is 0 Å². The third-order valence-corrected chi connectivity index (χ3v) is 3.99. The van der Waals surface area contributed by atoms with Gasteiger partial charge < -0.3 is 9.84 Å². The lowest BCUT2D eigenvalue weighted by molar-refractivity contribution is 0.194. The number of rotatable bonds is 4. The minimum Gasteiger partial charge on any atom is -0.489 e. The average Bonchev–Trinajstić information content (AvgIpc) is 2.92. The van der Waals surface area contributed by atoms with Crippen molar-refractivity contribution in [3.63, 3.8) is 0 Å². The summed E-state index contributed by atoms with van der Waals surface area (Å²) in [4.78, 5) is 0. The van der Waals surface area contributed by atoms with E-state index in [1.807, 2.05) is 0 Å². The lowest BCUT2D eigenvalue weighted by atomic mass is 10.1. The molecular formula is C18H19FO2. The van der Waals surface area contributed by atoms with Gasteiger partial charge in [0.2, 0.25) is 0 Å². The summed E-state index contributed by atoms with van der Waals surface area (Å²) < 4.78 is 19.4. The summed E-state index contributed by atoms with van der Waals surface area (Å²) in [7, 11) is 0. The molecule has 1 aliphatic carbocycles. The van der Waals surface area contributed by atoms with Gasteiger partial charge >= 0.3 is 0 Å². The average molecular weight is 286 g/mol. The molecule has 0 bridgehead atoms. The molecule has 0 amide bonds. The summed E-state index contributed by atoms with van der Waals surface area (Å²) in [5.74, 6) is 0.0499. The second-order valence-electron chi connectivity index (χ2n) is 5.60. The Morgan fingerprint density at radius 3 is 2.71 bits per heavy atom. The predicted octanol–water partition coefficient (Wildman–Crippen LogP) is 3.95. The van der Waals surface area contributed by atoms with Gasteiger partial charge in [-0.1, -0.05) is 18.2 Å². The van der Waals surface area contributed by atoms with Gasteiger partial charge in [-0.2, -0.15) is 0 Å². The van der Waals surface area contributed by atoms with Crippen molar-refractivity contribution >= 4 is 0 Å². The van der Waals surface area contributed by atoms with Crippen LogP contribution in [0.2, 0.25) is 0 Å². The SMILES string of the molecule is CC(O)c1ccc(OCc2ccc3c(c2)CCC3)cc1F. The second-order valence-corrected chi connectivity index (χ2v) is 5.60. The maximum Gasteiger partial charge on any atom is 0.132 e. The van der Waals surface area contributed by atoms with Gasteiger partial charge in [0, 0.05) is 11.6 Å². The maximum atomic E-state index is 13.8. The van der Waals surface area contributed by atoms with Gasteiger partial charge in [-0.25, -0.2) is 4.39 Å². The second kappa shape index (κ2) is 5.86. The molecule has 1 aliphatic rings. The Labute approximate surface area is 124 Å². The molecular weight excluding hydrogens is 267 g/mol. The topological polar surface area (TPSA) is 29.5 Å². The van der Waals surface area contributed by atoms with Gasteiger partial charge in [0.15, 0.2) is 0 Å². The molecule has 2 aromatic rings. The molecule has 0 aromatic heterocycles. The Kier molecular flexibility index (Phi) is 3.93. The molecule has 0 radical (unpaired) electrons. The van der Waals surface area contributed by atoms with E-state index in [9.17, 15) is 9.50 Å². The number of fused-ring (bicyclic) bond motifs is 1. The van der Waals surface area contributed by atoms with Crippen LogP contribution in [0.25, 0.3) is 0 Å². The zero-order chi connectivity index (χ0) is 14.8. The van der Waals surface area contributed by atoms with Crippen LogP contribution in [-0.2, 0) is 19.4 Å². The van der Waals surface area contributed by atoms with Crippen molar-refractivity contribution in [1.29, 1.82) is 0 Å². The normalized spacial score (nSPS) is 14.8. The Balaban J connectivity index is 1.69. The van der Waals surface area contributed by atoms with Crippen LogP contribution in [0.3, 0.4) is 0 Å². The summed E-state index contributed by atoms with van der Waals surface area (Å²) in [6, 6.07) is 11.0. The number of hydrogen-bond acceptors (Lipinski definition) is 2. The first-order valence-electron chi connectivity index (χ1n) is 7.34. The Morgan fingerprint density at radius 2 is 1.95 bits per heavy atom. The van der Waals surface area contributed by atoms with E-state index in [0.717, 1.165) is 12.0 Å². The maximum absolute atomic E-state index is 13.8. The molecule has 0 saturated carbocycles. The van der Waals surface area contributed by atoms with Gasteiger partial charge in [0.05, 0.1) is 6.10 Å². The van der Waals surface area contributed by atoms with Crippen molar-refractivity contribution in [1.82, 2.24) is 0 Å². The van der Waals surface area contributed by atoms with Crippen LogP contribution in [0.15, 0.2) is 36.4 Å². The fraction of sp³-hybridized carbons (Fsp3) is 0.333. The number of aliphatic hydroxyl groups excluding tert-OH is 1. The van der Waals surface area contributed by atoms with Gasteiger partial charge in [0.25, 0.3) is 0 Å². The number of aliphatic hydroxyl groups is 1. The molecule has 2 nitrogen and oxygen atoms in total. The van der Waals surface area contributed by atoms with Crippen LogP contribution in [0, 0.1) is 5.82 Å².